The van der Waals surface area contributed by atoms with E-state index in [1.165, 1.54) is 0 Å². The Morgan fingerprint density at radius 2 is 1.62 bits per heavy atom. The van der Waals surface area contributed by atoms with E-state index in [9.17, 15) is 4.79 Å². The first kappa shape index (κ1) is 18.4. The molecule has 0 fully saturated rings. The summed E-state index contributed by atoms with van der Waals surface area (Å²) in [5.41, 5.74) is 1.43. The Hall–Kier alpha value is -1.89. The van der Waals surface area contributed by atoms with E-state index in [-0.39, 0.29) is 25.8 Å². The minimum absolute atomic E-state index is 0.0116. The topological polar surface area (TPSA) is 54.0 Å². The Kier molecular flexibility index (Phi) is 7.24. The van der Waals surface area contributed by atoms with Crippen LogP contribution < -0.4 is 9.47 Å². The molecule has 0 spiro atoms. The second kappa shape index (κ2) is 9.42. The van der Waals surface area contributed by atoms with Crippen molar-refractivity contribution in [2.45, 2.75) is 6.42 Å². The van der Waals surface area contributed by atoms with Gasteiger partial charge in [0.05, 0.1) is 0 Å². The van der Waals surface area contributed by atoms with Gasteiger partial charge in [0, 0.05) is 30.7 Å². The first-order valence-electron chi connectivity index (χ1n) is 7.29. The van der Waals surface area contributed by atoms with Gasteiger partial charge in [-0.15, -0.1) is 0 Å². The molecule has 0 N–H and O–H groups in total. The highest BCUT2D eigenvalue weighted by atomic mass is 79.9. The summed E-state index contributed by atoms with van der Waals surface area (Å²) in [6.45, 7) is 0.302. The van der Waals surface area contributed by atoms with Crippen molar-refractivity contribution in [1.82, 2.24) is 0 Å². The molecule has 2 rings (SSSR count). The van der Waals surface area contributed by atoms with Crippen molar-refractivity contribution in [2.24, 2.45) is 0 Å². The van der Waals surface area contributed by atoms with Crippen LogP contribution in [-0.4, -0.2) is 33.6 Å². The molecule has 0 heterocycles. The van der Waals surface area contributed by atoms with Crippen LogP contribution in [0, 0.1) is 0 Å². The largest absolute Gasteiger partial charge is 0.468 e. The summed E-state index contributed by atoms with van der Waals surface area (Å²) >= 11 is 3.47. The van der Waals surface area contributed by atoms with Crippen molar-refractivity contribution in [3.63, 3.8) is 0 Å². The molecule has 128 valence electrons. The third-order valence-corrected chi connectivity index (χ3v) is 3.98. The number of ether oxygens (including phenoxy) is 4. The van der Waals surface area contributed by atoms with Gasteiger partial charge in [-0.25, -0.2) is 0 Å². The van der Waals surface area contributed by atoms with E-state index in [2.05, 4.69) is 15.9 Å². The Morgan fingerprint density at radius 1 is 0.958 bits per heavy atom. The van der Waals surface area contributed by atoms with Gasteiger partial charge in [-0.1, -0.05) is 28.1 Å². The number of carbonyl (C=O) groups is 1. The SMILES string of the molecule is COCOc1cccc(C(=O)Cc2cc(OCOC)ccc2Br)c1. The molecule has 2 aromatic carbocycles. The number of hydrogen-bond acceptors (Lipinski definition) is 5. The quantitative estimate of drug-likeness (QED) is 0.477. The number of halogens is 1. The molecular weight excluding hydrogens is 376 g/mol. The first-order valence-corrected chi connectivity index (χ1v) is 8.08. The van der Waals surface area contributed by atoms with Gasteiger partial charge in [-0.3, -0.25) is 4.79 Å². The number of benzene rings is 2. The van der Waals surface area contributed by atoms with Crippen molar-refractivity contribution >= 4 is 21.7 Å². The molecule has 0 aliphatic rings. The molecule has 0 saturated carbocycles. The van der Waals surface area contributed by atoms with Gasteiger partial charge in [0.2, 0.25) is 0 Å². The van der Waals surface area contributed by atoms with Crippen molar-refractivity contribution < 1.29 is 23.7 Å². The summed E-state index contributed by atoms with van der Waals surface area (Å²) in [7, 11) is 3.10. The summed E-state index contributed by atoms with van der Waals surface area (Å²) in [5.74, 6) is 1.24. The zero-order valence-electron chi connectivity index (χ0n) is 13.6. The standard InChI is InChI=1S/C18H19BrO5/c1-21-11-23-15-5-3-4-13(8-15)18(20)10-14-9-16(24-12-22-2)6-7-17(14)19/h3-9H,10-12H2,1-2H3. The van der Waals surface area contributed by atoms with Crippen LogP contribution in [-0.2, 0) is 15.9 Å². The van der Waals surface area contributed by atoms with Crippen LogP contribution in [0.3, 0.4) is 0 Å². The molecular formula is C18H19BrO5. The summed E-state index contributed by atoms with van der Waals surface area (Å²) in [5, 5.41) is 0. The lowest BCUT2D eigenvalue weighted by molar-refractivity contribution is 0.0508. The monoisotopic (exact) mass is 394 g/mol. The Balaban J connectivity index is 2.11. The van der Waals surface area contributed by atoms with E-state index in [0.717, 1.165) is 10.0 Å². The van der Waals surface area contributed by atoms with Gasteiger partial charge in [0.1, 0.15) is 11.5 Å². The lowest BCUT2D eigenvalue weighted by Gasteiger charge is -2.10. The number of ketones is 1. The highest BCUT2D eigenvalue weighted by Gasteiger charge is 2.12. The summed E-state index contributed by atoms with van der Waals surface area (Å²) in [6, 6.07) is 12.5. The Morgan fingerprint density at radius 3 is 2.29 bits per heavy atom. The van der Waals surface area contributed by atoms with Crippen molar-refractivity contribution in [2.75, 3.05) is 27.8 Å². The van der Waals surface area contributed by atoms with Crippen LogP contribution in [0.15, 0.2) is 46.9 Å². The zero-order chi connectivity index (χ0) is 17.4. The van der Waals surface area contributed by atoms with Crippen LogP contribution in [0.5, 0.6) is 11.5 Å². The van der Waals surface area contributed by atoms with Crippen molar-refractivity contribution in [1.29, 1.82) is 0 Å². The van der Waals surface area contributed by atoms with Gasteiger partial charge in [-0.2, -0.15) is 0 Å². The molecule has 0 bridgehead atoms. The normalized spacial score (nSPS) is 10.5. The second-order valence-corrected chi connectivity index (χ2v) is 5.84. The number of methoxy groups -OCH3 is 2. The Labute approximate surface area is 149 Å². The molecule has 5 nitrogen and oxygen atoms in total. The summed E-state index contributed by atoms with van der Waals surface area (Å²) < 4.78 is 21.4. The lowest BCUT2D eigenvalue weighted by Crippen LogP contribution is -2.06. The molecule has 0 aromatic heterocycles. The van der Waals surface area contributed by atoms with Gasteiger partial charge in [0.15, 0.2) is 19.4 Å². The molecule has 0 amide bonds. The maximum Gasteiger partial charge on any atom is 0.188 e. The highest BCUT2D eigenvalue weighted by Crippen LogP contribution is 2.25. The molecule has 0 radical (unpaired) electrons. The van der Waals surface area contributed by atoms with E-state index in [1.54, 1.807) is 38.5 Å². The zero-order valence-corrected chi connectivity index (χ0v) is 15.2. The van der Waals surface area contributed by atoms with Gasteiger partial charge in [0.25, 0.3) is 0 Å². The van der Waals surface area contributed by atoms with Gasteiger partial charge < -0.3 is 18.9 Å². The Bertz CT molecular complexity index is 687. The maximum absolute atomic E-state index is 12.5. The molecule has 0 unspecified atom stereocenters. The van der Waals surface area contributed by atoms with Crippen molar-refractivity contribution in [3.8, 4) is 11.5 Å². The first-order chi connectivity index (χ1) is 11.6. The molecule has 0 aliphatic heterocycles. The fourth-order valence-electron chi connectivity index (χ4n) is 2.06. The number of rotatable bonds is 9. The maximum atomic E-state index is 12.5. The van der Waals surface area contributed by atoms with Crippen molar-refractivity contribution in [3.05, 3.63) is 58.1 Å². The van der Waals surface area contributed by atoms with E-state index in [1.807, 2.05) is 18.2 Å². The number of carbonyl (C=O) groups excluding carboxylic acids is 1. The third-order valence-electron chi connectivity index (χ3n) is 3.21. The third kappa shape index (κ3) is 5.33. The fraction of sp³-hybridized carbons (Fsp3) is 0.278. The molecule has 6 heteroatoms. The number of Topliss-reactive ketones (excluding diaryl/α,β-unsaturated/α-hetero) is 1. The van der Waals surface area contributed by atoms with Crippen LogP contribution in [0.2, 0.25) is 0 Å². The predicted octanol–water partition coefficient (Wildman–Crippen LogP) is 3.84. The second-order valence-electron chi connectivity index (χ2n) is 4.98. The molecule has 0 aliphatic carbocycles. The van der Waals surface area contributed by atoms with E-state index < -0.39 is 0 Å². The van der Waals surface area contributed by atoms with Gasteiger partial charge >= 0.3 is 0 Å². The fourth-order valence-corrected chi connectivity index (χ4v) is 2.45. The molecule has 24 heavy (non-hydrogen) atoms. The highest BCUT2D eigenvalue weighted by molar-refractivity contribution is 9.10. The lowest BCUT2D eigenvalue weighted by atomic mass is 10.0. The van der Waals surface area contributed by atoms with Crippen LogP contribution in [0.4, 0.5) is 0 Å². The molecule has 0 saturated heterocycles. The van der Waals surface area contributed by atoms with Crippen LogP contribution in [0.25, 0.3) is 0 Å². The predicted molar refractivity (Wildman–Crippen MR) is 93.6 cm³/mol. The summed E-state index contributed by atoms with van der Waals surface area (Å²) in [6.07, 6.45) is 0.249. The minimum Gasteiger partial charge on any atom is -0.468 e. The average Bonchev–Trinajstić information content (AvgIpc) is 2.60. The smallest absolute Gasteiger partial charge is 0.188 e. The van der Waals surface area contributed by atoms with Crippen LogP contribution in [0.1, 0.15) is 15.9 Å². The van der Waals surface area contributed by atoms with Crippen LogP contribution >= 0.6 is 15.9 Å². The van der Waals surface area contributed by atoms with E-state index >= 15 is 0 Å². The van der Waals surface area contributed by atoms with E-state index in [0.29, 0.717) is 17.1 Å². The van der Waals surface area contributed by atoms with Gasteiger partial charge in [-0.05, 0) is 35.9 Å². The average molecular weight is 395 g/mol. The summed E-state index contributed by atoms with van der Waals surface area (Å²) in [4.78, 5) is 12.5. The minimum atomic E-state index is -0.0116. The number of hydrogen-bond donors (Lipinski definition) is 0. The van der Waals surface area contributed by atoms with E-state index in [4.69, 9.17) is 18.9 Å². The molecule has 2 aromatic rings. The molecule has 0 atom stereocenters.